The molecule has 0 unspecified atom stereocenters. The molecular weight excluding hydrogens is 504 g/mol. The average Bonchev–Trinajstić information content (AvgIpc) is 2.95. The zero-order chi connectivity index (χ0) is 26.7. The number of pyridine rings is 1. The number of ether oxygens (including phenoxy) is 2. The molecule has 1 saturated heterocycles. The molecule has 0 radical (unpaired) electrons. The highest BCUT2D eigenvalue weighted by Crippen LogP contribution is 2.39. The number of hydrogen-bond donors (Lipinski definition) is 3. The molecule has 1 amide bonds. The van der Waals surface area contributed by atoms with E-state index >= 15 is 0 Å². The van der Waals surface area contributed by atoms with Crippen LogP contribution in [0.2, 0.25) is 0 Å². The number of rotatable bonds is 12. The third kappa shape index (κ3) is 8.39. The van der Waals surface area contributed by atoms with E-state index in [1.807, 2.05) is 66.7 Å². The minimum absolute atomic E-state index is 0.00395. The van der Waals surface area contributed by atoms with Gasteiger partial charge in [0.1, 0.15) is 0 Å². The first kappa shape index (κ1) is 27.8. The number of aliphatic hydroxyl groups is 1. The van der Waals surface area contributed by atoms with Crippen LogP contribution in [-0.2, 0) is 32.2 Å². The van der Waals surface area contributed by atoms with Crippen LogP contribution in [0.4, 0.5) is 0 Å². The number of aliphatic hydroxyl groups excluding tert-OH is 1. The largest absolute Gasteiger partial charge is 0.481 e. The quantitative estimate of drug-likeness (QED) is 0.283. The first-order valence-electron chi connectivity index (χ1n) is 12.6. The van der Waals surface area contributed by atoms with Crippen LogP contribution >= 0.6 is 11.8 Å². The SMILES string of the molecule is O=C(O)CCCC(=O)NCc1ccc([C@H]2O[C@@H](CSc3ccccn3)C[C@@H](c3ccc(CO)cc3)O2)cc1. The number of carboxylic acids is 1. The van der Waals surface area contributed by atoms with Crippen molar-refractivity contribution in [3.63, 3.8) is 0 Å². The van der Waals surface area contributed by atoms with E-state index in [-0.39, 0.29) is 37.6 Å². The highest BCUT2D eigenvalue weighted by atomic mass is 32.2. The van der Waals surface area contributed by atoms with Crippen LogP contribution in [0.5, 0.6) is 0 Å². The summed E-state index contributed by atoms with van der Waals surface area (Å²) in [7, 11) is 0. The van der Waals surface area contributed by atoms with E-state index in [9.17, 15) is 14.7 Å². The summed E-state index contributed by atoms with van der Waals surface area (Å²) in [6.07, 6.45) is 2.18. The second-order valence-electron chi connectivity index (χ2n) is 9.09. The van der Waals surface area contributed by atoms with Gasteiger partial charge >= 0.3 is 5.97 Å². The Bertz CT molecular complexity index is 1170. The molecule has 9 heteroatoms. The molecule has 0 saturated carbocycles. The molecule has 1 aromatic heterocycles. The first-order chi connectivity index (χ1) is 18.5. The molecule has 0 aliphatic carbocycles. The number of amides is 1. The minimum atomic E-state index is -0.900. The second-order valence-corrected chi connectivity index (χ2v) is 10.1. The number of carboxylic acid groups (broad SMARTS) is 1. The van der Waals surface area contributed by atoms with Gasteiger partial charge in [0.25, 0.3) is 0 Å². The predicted molar refractivity (Wildman–Crippen MR) is 143 cm³/mol. The van der Waals surface area contributed by atoms with Gasteiger partial charge in [-0.05, 0) is 35.2 Å². The molecule has 8 nitrogen and oxygen atoms in total. The van der Waals surface area contributed by atoms with Gasteiger partial charge < -0.3 is 25.0 Å². The lowest BCUT2D eigenvalue weighted by Crippen LogP contribution is -2.31. The van der Waals surface area contributed by atoms with Crippen LogP contribution in [0.15, 0.2) is 78.0 Å². The summed E-state index contributed by atoms with van der Waals surface area (Å²) in [6, 6.07) is 21.4. The number of carbonyl (C=O) groups is 2. The lowest BCUT2D eigenvalue weighted by Gasteiger charge is -2.36. The van der Waals surface area contributed by atoms with Crippen LogP contribution < -0.4 is 5.32 Å². The third-order valence-corrected chi connectivity index (χ3v) is 7.28. The Morgan fingerprint density at radius 2 is 1.68 bits per heavy atom. The normalized spacial score (nSPS) is 19.1. The van der Waals surface area contributed by atoms with Crippen molar-refractivity contribution in [2.75, 3.05) is 5.75 Å². The number of nitrogens with zero attached hydrogens (tertiary/aromatic N) is 1. The fraction of sp³-hybridized carbons (Fsp3) is 0.345. The Balaban J connectivity index is 1.40. The number of aromatic nitrogens is 1. The number of hydrogen-bond acceptors (Lipinski definition) is 7. The molecule has 4 rings (SSSR count). The van der Waals surface area contributed by atoms with Crippen molar-refractivity contribution in [3.05, 3.63) is 95.2 Å². The lowest BCUT2D eigenvalue weighted by atomic mass is 10.0. The molecule has 3 N–H and O–H groups in total. The Labute approximate surface area is 226 Å². The number of carbonyl (C=O) groups excluding carboxylic acids is 1. The maximum atomic E-state index is 12.0. The molecule has 38 heavy (non-hydrogen) atoms. The third-order valence-electron chi connectivity index (χ3n) is 6.21. The lowest BCUT2D eigenvalue weighted by molar-refractivity contribution is -0.245. The highest BCUT2D eigenvalue weighted by molar-refractivity contribution is 7.99. The van der Waals surface area contributed by atoms with Gasteiger partial charge in [-0.2, -0.15) is 0 Å². The summed E-state index contributed by atoms with van der Waals surface area (Å²) in [4.78, 5) is 27.0. The fourth-order valence-electron chi connectivity index (χ4n) is 4.12. The van der Waals surface area contributed by atoms with Crippen LogP contribution in [-0.4, -0.2) is 38.9 Å². The van der Waals surface area contributed by atoms with E-state index < -0.39 is 12.3 Å². The number of nitrogens with one attached hydrogen (secondary N) is 1. The van der Waals surface area contributed by atoms with E-state index in [1.165, 1.54) is 0 Å². The Kier molecular flexibility index (Phi) is 10.3. The zero-order valence-corrected chi connectivity index (χ0v) is 21.8. The van der Waals surface area contributed by atoms with Crippen LogP contribution in [0.1, 0.15) is 60.3 Å². The molecule has 1 fully saturated rings. The number of benzene rings is 2. The van der Waals surface area contributed by atoms with Crippen molar-refractivity contribution in [1.82, 2.24) is 10.3 Å². The maximum absolute atomic E-state index is 12.0. The van der Waals surface area contributed by atoms with Crippen molar-refractivity contribution in [3.8, 4) is 0 Å². The van der Waals surface area contributed by atoms with Gasteiger partial charge in [0.2, 0.25) is 5.91 Å². The van der Waals surface area contributed by atoms with Gasteiger partial charge in [0.15, 0.2) is 6.29 Å². The second kappa shape index (κ2) is 14.1. The van der Waals surface area contributed by atoms with E-state index in [2.05, 4.69) is 10.3 Å². The highest BCUT2D eigenvalue weighted by Gasteiger charge is 2.32. The summed E-state index contributed by atoms with van der Waals surface area (Å²) in [5.41, 5.74) is 3.69. The summed E-state index contributed by atoms with van der Waals surface area (Å²) in [6.45, 7) is 0.359. The van der Waals surface area contributed by atoms with E-state index in [4.69, 9.17) is 14.6 Å². The van der Waals surface area contributed by atoms with Crippen LogP contribution in [0, 0.1) is 0 Å². The van der Waals surface area contributed by atoms with Gasteiger partial charge in [-0.1, -0.05) is 54.6 Å². The standard InChI is InChI=1S/C29H32N2O6S/c32-18-21-9-11-22(12-10-21)25-16-24(19-38-27-5-1-2-15-30-27)36-29(37-25)23-13-7-20(8-14-23)17-31-26(33)4-3-6-28(34)35/h1-2,5,7-15,24-25,29,32H,3-4,6,16-19H2,(H,31,33)(H,34,35)/t24-,25+,29+/m1/s1. The van der Waals surface area contributed by atoms with Crippen LogP contribution in [0.3, 0.4) is 0 Å². The molecule has 2 heterocycles. The maximum Gasteiger partial charge on any atom is 0.303 e. The van der Waals surface area contributed by atoms with Crippen molar-refractivity contribution in [2.45, 2.75) is 62.4 Å². The monoisotopic (exact) mass is 536 g/mol. The predicted octanol–water partition coefficient (Wildman–Crippen LogP) is 4.78. The van der Waals surface area contributed by atoms with Crippen molar-refractivity contribution >= 4 is 23.6 Å². The topological polar surface area (TPSA) is 118 Å². The van der Waals surface area contributed by atoms with Gasteiger partial charge in [-0.15, -0.1) is 11.8 Å². The van der Waals surface area contributed by atoms with E-state index in [0.717, 1.165) is 33.0 Å². The Morgan fingerprint density at radius 3 is 2.37 bits per heavy atom. The summed E-state index contributed by atoms with van der Waals surface area (Å²) >= 11 is 1.65. The van der Waals surface area contributed by atoms with Crippen LogP contribution in [0.25, 0.3) is 0 Å². The molecule has 1 aliphatic rings. The van der Waals surface area contributed by atoms with Crippen molar-refractivity contribution in [2.24, 2.45) is 0 Å². The molecule has 1 aliphatic heterocycles. The Morgan fingerprint density at radius 1 is 0.947 bits per heavy atom. The summed E-state index contributed by atoms with van der Waals surface area (Å²) < 4.78 is 12.8. The van der Waals surface area contributed by atoms with Gasteiger partial charge in [0, 0.05) is 43.3 Å². The number of aliphatic carboxylic acids is 1. The van der Waals surface area contributed by atoms with E-state index in [1.54, 1.807) is 18.0 Å². The zero-order valence-electron chi connectivity index (χ0n) is 21.0. The molecule has 2 aromatic carbocycles. The fourth-order valence-corrected chi connectivity index (χ4v) is 5.00. The van der Waals surface area contributed by atoms with Gasteiger partial charge in [-0.3, -0.25) is 9.59 Å². The smallest absolute Gasteiger partial charge is 0.303 e. The molecule has 0 bridgehead atoms. The molecule has 200 valence electrons. The van der Waals surface area contributed by atoms with Gasteiger partial charge in [0.05, 0.1) is 23.8 Å². The molecular formula is C29H32N2O6S. The summed E-state index contributed by atoms with van der Waals surface area (Å²) in [5.74, 6) is -0.339. The molecule has 3 aromatic rings. The minimum Gasteiger partial charge on any atom is -0.481 e. The number of thioether (sulfide) groups is 1. The molecule has 3 atom stereocenters. The molecule has 0 spiro atoms. The van der Waals surface area contributed by atoms with Crippen molar-refractivity contribution in [1.29, 1.82) is 0 Å². The summed E-state index contributed by atoms with van der Waals surface area (Å²) in [5, 5.41) is 21.9. The first-order valence-corrected chi connectivity index (χ1v) is 13.6. The average molecular weight is 537 g/mol. The van der Waals surface area contributed by atoms with Gasteiger partial charge in [-0.25, -0.2) is 4.98 Å². The van der Waals surface area contributed by atoms with Crippen molar-refractivity contribution < 1.29 is 29.3 Å². The Hall–Kier alpha value is -3.24. The van der Waals surface area contributed by atoms with E-state index in [0.29, 0.717) is 19.4 Å².